The van der Waals surface area contributed by atoms with Crippen LogP contribution in [0.3, 0.4) is 0 Å². The molecular formula is C56H48N2. The first-order valence-electron chi connectivity index (χ1n) is 20.2. The number of allylic oxidation sites excluding steroid dienone is 16. The molecule has 0 spiro atoms. The Kier molecular flexibility index (Phi) is 9.09. The van der Waals surface area contributed by atoms with Crippen molar-refractivity contribution in [2.24, 2.45) is 0 Å². The summed E-state index contributed by atoms with van der Waals surface area (Å²) < 4.78 is 0. The maximum Gasteiger partial charge on any atom is 0.0792 e. The van der Waals surface area contributed by atoms with Crippen LogP contribution in [0.4, 0.5) is 11.4 Å². The topological polar surface area (TPSA) is 16.1 Å². The molecule has 4 aromatic carbocycles. The monoisotopic (exact) mass is 748 g/mol. The second-order valence-electron chi connectivity index (χ2n) is 16.4. The summed E-state index contributed by atoms with van der Waals surface area (Å²) in [6.45, 7) is 20.1. The Balaban J connectivity index is 1.26. The molecule has 282 valence electrons. The van der Waals surface area contributed by atoms with Crippen LogP contribution in [0.15, 0.2) is 200 Å². The number of anilines is 2. The lowest BCUT2D eigenvalue weighted by Crippen LogP contribution is -2.25. The molecule has 0 amide bonds. The van der Waals surface area contributed by atoms with Gasteiger partial charge in [-0.25, -0.2) is 0 Å². The number of hydrogen-bond donors (Lipinski definition) is 0. The van der Waals surface area contributed by atoms with Crippen LogP contribution in [-0.2, 0) is 10.8 Å². The summed E-state index contributed by atoms with van der Waals surface area (Å²) in [6, 6.07) is 35.4. The fraction of sp³-hybridized carbons (Fsp3) is 0.125. The van der Waals surface area contributed by atoms with E-state index in [0.29, 0.717) is 0 Å². The highest BCUT2D eigenvalue weighted by molar-refractivity contribution is 6.03. The van der Waals surface area contributed by atoms with Gasteiger partial charge in [0, 0.05) is 45.2 Å². The lowest BCUT2D eigenvalue weighted by molar-refractivity contribution is 0.654. The number of hydrogen-bond acceptors (Lipinski definition) is 2. The number of pyridine rings is 1. The molecule has 0 saturated heterocycles. The van der Waals surface area contributed by atoms with E-state index >= 15 is 0 Å². The zero-order valence-corrected chi connectivity index (χ0v) is 34.1. The first kappa shape index (κ1) is 36.8. The Morgan fingerprint density at radius 3 is 2.03 bits per heavy atom. The van der Waals surface area contributed by atoms with Crippen molar-refractivity contribution in [3.63, 3.8) is 0 Å². The summed E-state index contributed by atoms with van der Waals surface area (Å²) >= 11 is 0. The number of nitrogens with zero attached hydrogens (tertiary/aromatic N) is 2. The van der Waals surface area contributed by atoms with E-state index in [1.54, 1.807) is 0 Å². The number of fused-ring (bicyclic) bond motifs is 6. The van der Waals surface area contributed by atoms with E-state index in [1.807, 2.05) is 24.4 Å². The molecule has 0 radical (unpaired) electrons. The second kappa shape index (κ2) is 14.3. The maximum atomic E-state index is 4.93. The maximum absolute atomic E-state index is 4.93. The van der Waals surface area contributed by atoms with Gasteiger partial charge in [0.1, 0.15) is 0 Å². The van der Waals surface area contributed by atoms with Crippen LogP contribution in [0.2, 0.25) is 0 Å². The minimum Gasteiger partial charge on any atom is -0.310 e. The molecule has 58 heavy (non-hydrogen) atoms. The Bertz CT molecular complexity index is 2930. The first-order chi connectivity index (χ1) is 28.1. The average Bonchev–Trinajstić information content (AvgIpc) is 3.74. The molecule has 5 aromatic rings. The van der Waals surface area contributed by atoms with Crippen molar-refractivity contribution >= 4 is 34.7 Å². The lowest BCUT2D eigenvalue weighted by atomic mass is 9.80. The highest BCUT2D eigenvalue weighted by atomic mass is 15.1. The molecular weight excluding hydrogens is 701 g/mol. The van der Waals surface area contributed by atoms with Gasteiger partial charge in [0.15, 0.2) is 0 Å². The lowest BCUT2D eigenvalue weighted by Gasteiger charge is -2.30. The summed E-state index contributed by atoms with van der Waals surface area (Å²) in [7, 11) is 0. The van der Waals surface area contributed by atoms with Crippen molar-refractivity contribution < 1.29 is 0 Å². The van der Waals surface area contributed by atoms with Gasteiger partial charge >= 0.3 is 0 Å². The predicted molar refractivity (Wildman–Crippen MR) is 247 cm³/mol. The van der Waals surface area contributed by atoms with E-state index in [-0.39, 0.29) is 10.8 Å². The van der Waals surface area contributed by atoms with E-state index in [4.69, 9.17) is 4.98 Å². The quantitative estimate of drug-likeness (QED) is 0.178. The van der Waals surface area contributed by atoms with Crippen molar-refractivity contribution in [2.45, 2.75) is 45.4 Å². The fourth-order valence-electron chi connectivity index (χ4n) is 9.51. The van der Waals surface area contributed by atoms with E-state index in [2.05, 4.69) is 204 Å². The van der Waals surface area contributed by atoms with Crippen molar-refractivity contribution in [3.8, 4) is 11.1 Å². The minimum atomic E-state index is -0.203. The Morgan fingerprint density at radius 1 is 0.621 bits per heavy atom. The zero-order chi connectivity index (χ0) is 40.2. The molecule has 0 bridgehead atoms. The molecule has 4 aliphatic rings. The smallest absolute Gasteiger partial charge is 0.0792 e. The summed E-state index contributed by atoms with van der Waals surface area (Å²) in [5.41, 5.74) is 18.7. The first-order valence-corrected chi connectivity index (χ1v) is 20.2. The van der Waals surface area contributed by atoms with Gasteiger partial charge in [-0.15, -0.1) is 0 Å². The van der Waals surface area contributed by atoms with E-state index in [1.165, 1.54) is 44.5 Å². The average molecular weight is 749 g/mol. The van der Waals surface area contributed by atoms with Gasteiger partial charge in [-0.2, -0.15) is 0 Å². The van der Waals surface area contributed by atoms with Gasteiger partial charge in [0.05, 0.1) is 5.69 Å². The van der Waals surface area contributed by atoms with Crippen LogP contribution in [0.5, 0.6) is 0 Å². The van der Waals surface area contributed by atoms with Crippen LogP contribution >= 0.6 is 0 Å². The third kappa shape index (κ3) is 5.82. The number of aromatic nitrogens is 1. The van der Waals surface area contributed by atoms with Gasteiger partial charge < -0.3 is 4.90 Å². The standard InChI is InChI=1S/C56H48N2/c1-8-20-49-41(9-2)45-32-30-39(35-51(45)55(49,4)5)58(40-31-33-46-44-26-16-17-29-50(44)56(6,7)52(46)36-40)38-22-12-10-11-13-25-43-47(27-18-23-38)53(42-24-15-14-21-37(42)3)54-48(43)28-19-34-57-54/h8-36H,2-3H2,1,4-7H3/b11-10-,12-10?,13-11?,20-8-,22-12-,23-18?,25-13-,27-18+,38-22?,38-23+,43-25?,47-27?,53-42+. The molecule has 1 heterocycles. The number of benzene rings is 4. The Labute approximate surface area is 343 Å². The molecule has 0 aliphatic heterocycles. The van der Waals surface area contributed by atoms with Gasteiger partial charge in [-0.3, -0.25) is 4.98 Å². The number of rotatable bonds is 5. The summed E-state index contributed by atoms with van der Waals surface area (Å²) in [5.74, 6) is 0. The van der Waals surface area contributed by atoms with Crippen LogP contribution in [0, 0.1) is 0 Å². The Hall–Kier alpha value is -6.77. The van der Waals surface area contributed by atoms with E-state index in [9.17, 15) is 0 Å². The molecule has 4 aliphatic carbocycles. The van der Waals surface area contributed by atoms with Crippen molar-refractivity contribution in [1.29, 1.82) is 0 Å². The summed E-state index contributed by atoms with van der Waals surface area (Å²) in [4.78, 5) is 7.35. The van der Waals surface area contributed by atoms with Gasteiger partial charge in [0.25, 0.3) is 0 Å². The summed E-state index contributed by atoms with van der Waals surface area (Å²) in [6.07, 6.45) is 27.9. The van der Waals surface area contributed by atoms with Gasteiger partial charge in [0.2, 0.25) is 0 Å². The minimum absolute atomic E-state index is 0.144. The molecule has 9 rings (SSSR count). The largest absolute Gasteiger partial charge is 0.310 e. The molecule has 0 unspecified atom stereocenters. The highest BCUT2D eigenvalue weighted by Gasteiger charge is 2.38. The van der Waals surface area contributed by atoms with Crippen LogP contribution in [0.25, 0.3) is 34.4 Å². The van der Waals surface area contributed by atoms with Crippen LogP contribution < -0.4 is 15.3 Å². The molecule has 0 N–H and O–H groups in total. The molecule has 2 nitrogen and oxygen atoms in total. The normalized spacial score (nSPS) is 21.1. The molecule has 2 heteroatoms. The third-order valence-corrected chi connectivity index (χ3v) is 12.4. The third-order valence-electron chi connectivity index (χ3n) is 12.4. The fourth-order valence-corrected chi connectivity index (χ4v) is 9.51. The van der Waals surface area contributed by atoms with Gasteiger partial charge in [-0.1, -0.05) is 168 Å². The molecule has 1 aromatic heterocycles. The van der Waals surface area contributed by atoms with Crippen molar-refractivity contribution in [2.75, 3.05) is 4.90 Å². The summed E-state index contributed by atoms with van der Waals surface area (Å²) in [5, 5.41) is 2.07. The van der Waals surface area contributed by atoms with E-state index < -0.39 is 0 Å². The molecule has 0 atom stereocenters. The van der Waals surface area contributed by atoms with Crippen LogP contribution in [0.1, 0.15) is 68.1 Å². The molecule has 0 fully saturated rings. The highest BCUT2D eigenvalue weighted by Crippen LogP contribution is 2.52. The molecule has 0 saturated carbocycles. The Morgan fingerprint density at radius 2 is 1.28 bits per heavy atom. The van der Waals surface area contributed by atoms with Crippen LogP contribution in [-0.4, -0.2) is 4.98 Å². The van der Waals surface area contributed by atoms with Crippen molar-refractivity contribution in [3.05, 3.63) is 244 Å². The zero-order valence-electron chi connectivity index (χ0n) is 34.1. The second-order valence-corrected chi connectivity index (χ2v) is 16.4. The predicted octanol–water partition coefficient (Wildman–Crippen LogP) is 12.5. The van der Waals surface area contributed by atoms with Gasteiger partial charge in [-0.05, 0) is 116 Å². The van der Waals surface area contributed by atoms with E-state index in [0.717, 1.165) is 55.5 Å². The van der Waals surface area contributed by atoms with Crippen molar-refractivity contribution in [1.82, 2.24) is 4.98 Å². The SMILES string of the molecule is C=CC1=C(/C=C\C)C(C)(C)c2cc(N(C3=C/C=C/C4=C(/C=C\C=C/C=C\3)c3cccnc3/C4=c3\ccccc3=C)c3ccc4c(c3)C(C)(C)c3ccccc3-4)ccc21.